The number of hydrogen-bond acceptors (Lipinski definition) is 4. The molecule has 6 heteroatoms. The third-order valence-electron chi connectivity index (χ3n) is 3.99. The van der Waals surface area contributed by atoms with Gasteiger partial charge in [0.2, 0.25) is 5.91 Å². The maximum Gasteiger partial charge on any atom is 0.262 e. The molecule has 0 unspecified atom stereocenters. The average molecular weight is 341 g/mol. The number of fused-ring (bicyclic) bond motifs is 1. The molecule has 3 rings (SSSR count). The molecule has 0 spiro atoms. The van der Waals surface area contributed by atoms with Crippen LogP contribution in [0.1, 0.15) is 30.3 Å². The molecule has 0 saturated carbocycles. The summed E-state index contributed by atoms with van der Waals surface area (Å²) in [5.41, 5.74) is 1.65. The van der Waals surface area contributed by atoms with Gasteiger partial charge in [0, 0.05) is 10.6 Å². The van der Waals surface area contributed by atoms with Crippen LogP contribution in [0.4, 0.5) is 5.69 Å². The van der Waals surface area contributed by atoms with E-state index in [1.54, 1.807) is 6.92 Å². The van der Waals surface area contributed by atoms with E-state index >= 15 is 0 Å². The van der Waals surface area contributed by atoms with Crippen molar-refractivity contribution in [1.29, 1.82) is 0 Å². The maximum atomic E-state index is 12.7. The number of nitrogens with zero attached hydrogens (tertiary/aromatic N) is 2. The number of hydrogen-bond donors (Lipinski definition) is 1. The first-order valence-corrected chi connectivity index (χ1v) is 8.68. The van der Waals surface area contributed by atoms with E-state index in [4.69, 9.17) is 0 Å². The van der Waals surface area contributed by atoms with Gasteiger partial charge >= 0.3 is 0 Å². The molecular weight excluding hydrogens is 322 g/mol. The lowest BCUT2D eigenvalue weighted by molar-refractivity contribution is -0.118. The predicted molar refractivity (Wildman–Crippen MR) is 97.8 cm³/mol. The lowest BCUT2D eigenvalue weighted by Crippen LogP contribution is -2.31. The summed E-state index contributed by atoms with van der Waals surface area (Å²) in [5, 5.41) is 3.41. The van der Waals surface area contributed by atoms with Crippen LogP contribution in [0.2, 0.25) is 0 Å². The first-order chi connectivity index (χ1) is 11.5. The second-order valence-corrected chi connectivity index (χ2v) is 6.89. The van der Waals surface area contributed by atoms with Gasteiger partial charge in [-0.25, -0.2) is 4.98 Å². The van der Waals surface area contributed by atoms with Crippen LogP contribution in [0.5, 0.6) is 0 Å². The molecular formula is C18H19N3O2S. The van der Waals surface area contributed by atoms with Crippen LogP contribution >= 0.6 is 11.3 Å². The lowest BCUT2D eigenvalue weighted by Gasteiger charge is -2.14. The van der Waals surface area contributed by atoms with Gasteiger partial charge in [-0.1, -0.05) is 24.6 Å². The maximum absolute atomic E-state index is 12.7. The Labute approximate surface area is 144 Å². The van der Waals surface area contributed by atoms with Crippen LogP contribution < -0.4 is 10.9 Å². The molecule has 124 valence electrons. The van der Waals surface area contributed by atoms with E-state index in [1.165, 1.54) is 22.2 Å². The highest BCUT2D eigenvalue weighted by Crippen LogP contribution is 2.22. The van der Waals surface area contributed by atoms with Gasteiger partial charge in [-0.3, -0.25) is 14.2 Å². The van der Waals surface area contributed by atoms with Crippen molar-refractivity contribution in [2.24, 2.45) is 0 Å². The van der Waals surface area contributed by atoms with Gasteiger partial charge in [0.05, 0.1) is 11.7 Å². The minimum atomic E-state index is -0.638. The SMILES string of the molecule is CCc1cc2c(=O)n([C@@H](C)C(=O)Nc3ccc(C)cc3)cnc2s1. The number of anilines is 1. The Bertz CT molecular complexity index is 941. The van der Waals surface area contributed by atoms with Crippen LogP contribution in [0.15, 0.2) is 41.5 Å². The average Bonchev–Trinajstić information content (AvgIpc) is 3.01. The van der Waals surface area contributed by atoms with Gasteiger partial charge < -0.3 is 5.32 Å². The molecule has 1 aromatic carbocycles. The molecule has 2 aromatic heterocycles. The van der Waals surface area contributed by atoms with E-state index in [-0.39, 0.29) is 11.5 Å². The van der Waals surface area contributed by atoms with E-state index in [2.05, 4.69) is 10.3 Å². The summed E-state index contributed by atoms with van der Waals surface area (Å²) in [4.78, 5) is 31.3. The van der Waals surface area contributed by atoms with Crippen molar-refractivity contribution in [3.63, 3.8) is 0 Å². The van der Waals surface area contributed by atoms with Crippen molar-refractivity contribution in [3.8, 4) is 0 Å². The van der Waals surface area contributed by atoms with Crippen LogP contribution in [0, 0.1) is 6.92 Å². The molecule has 2 heterocycles. The third kappa shape index (κ3) is 3.10. The van der Waals surface area contributed by atoms with Gasteiger partial charge in [0.1, 0.15) is 10.9 Å². The van der Waals surface area contributed by atoms with Gasteiger partial charge in [0.25, 0.3) is 5.56 Å². The Kier molecular flexibility index (Phi) is 4.49. The van der Waals surface area contributed by atoms with Crippen molar-refractivity contribution >= 4 is 33.1 Å². The molecule has 1 amide bonds. The first-order valence-electron chi connectivity index (χ1n) is 7.86. The fourth-order valence-corrected chi connectivity index (χ4v) is 3.37. The summed E-state index contributed by atoms with van der Waals surface area (Å²) in [5.74, 6) is -0.243. The van der Waals surface area contributed by atoms with Crippen molar-refractivity contribution in [1.82, 2.24) is 9.55 Å². The van der Waals surface area contributed by atoms with Crippen LogP contribution in [-0.4, -0.2) is 15.5 Å². The van der Waals surface area contributed by atoms with Crippen LogP contribution in [0.25, 0.3) is 10.2 Å². The second-order valence-electron chi connectivity index (χ2n) is 5.77. The van der Waals surface area contributed by atoms with E-state index in [1.807, 2.05) is 44.2 Å². The smallest absolute Gasteiger partial charge is 0.262 e. The number of amides is 1. The summed E-state index contributed by atoms with van der Waals surface area (Å²) < 4.78 is 1.39. The lowest BCUT2D eigenvalue weighted by atomic mass is 10.2. The highest BCUT2D eigenvalue weighted by atomic mass is 32.1. The Balaban J connectivity index is 1.88. The zero-order valence-electron chi connectivity index (χ0n) is 13.9. The van der Waals surface area contributed by atoms with Crippen molar-refractivity contribution < 1.29 is 4.79 Å². The number of aryl methyl sites for hydroxylation is 2. The Morgan fingerprint density at radius 3 is 2.71 bits per heavy atom. The molecule has 0 saturated heterocycles. The molecule has 3 aromatic rings. The molecule has 1 N–H and O–H groups in total. The third-order valence-corrected chi connectivity index (χ3v) is 5.18. The number of benzene rings is 1. The molecule has 0 radical (unpaired) electrons. The highest BCUT2D eigenvalue weighted by molar-refractivity contribution is 7.18. The quantitative estimate of drug-likeness (QED) is 0.789. The molecule has 0 aliphatic carbocycles. The zero-order chi connectivity index (χ0) is 17.3. The monoisotopic (exact) mass is 341 g/mol. The van der Waals surface area contributed by atoms with E-state index in [0.717, 1.165) is 21.7 Å². The summed E-state index contributed by atoms with van der Waals surface area (Å²) in [6.07, 6.45) is 2.32. The van der Waals surface area contributed by atoms with Crippen molar-refractivity contribution in [3.05, 3.63) is 57.5 Å². The van der Waals surface area contributed by atoms with E-state index in [0.29, 0.717) is 11.1 Å². The summed E-state index contributed by atoms with van der Waals surface area (Å²) >= 11 is 1.52. The number of aromatic nitrogens is 2. The van der Waals surface area contributed by atoms with E-state index in [9.17, 15) is 9.59 Å². The summed E-state index contributed by atoms with van der Waals surface area (Å²) in [6.45, 7) is 5.73. The number of carbonyl (C=O) groups excluding carboxylic acids is 1. The number of thiophene rings is 1. The van der Waals surface area contributed by atoms with Crippen LogP contribution in [-0.2, 0) is 11.2 Å². The minimum absolute atomic E-state index is 0.178. The van der Waals surface area contributed by atoms with Gasteiger partial charge in [-0.2, -0.15) is 0 Å². The fourth-order valence-electron chi connectivity index (χ4n) is 2.45. The van der Waals surface area contributed by atoms with Gasteiger partial charge in [-0.05, 0) is 38.5 Å². The first kappa shape index (κ1) is 16.4. The number of rotatable bonds is 4. The molecule has 24 heavy (non-hydrogen) atoms. The molecule has 0 aliphatic heterocycles. The van der Waals surface area contributed by atoms with Crippen molar-refractivity contribution in [2.75, 3.05) is 5.32 Å². The Morgan fingerprint density at radius 1 is 1.33 bits per heavy atom. The second kappa shape index (κ2) is 6.57. The Morgan fingerprint density at radius 2 is 2.04 bits per heavy atom. The predicted octanol–water partition coefficient (Wildman–Crippen LogP) is 3.53. The molecule has 0 fully saturated rings. The number of nitrogens with one attached hydrogen (secondary N) is 1. The van der Waals surface area contributed by atoms with Crippen molar-refractivity contribution in [2.45, 2.75) is 33.2 Å². The summed E-state index contributed by atoms with van der Waals surface area (Å²) in [7, 11) is 0. The standard InChI is InChI=1S/C18H19N3O2S/c1-4-14-9-15-17(24-14)19-10-21(18(15)23)12(3)16(22)20-13-7-5-11(2)6-8-13/h5-10,12H,4H2,1-3H3,(H,20,22)/t12-/m0/s1. The highest BCUT2D eigenvalue weighted by Gasteiger charge is 2.18. The molecule has 0 bridgehead atoms. The zero-order valence-corrected chi connectivity index (χ0v) is 14.7. The topological polar surface area (TPSA) is 64.0 Å². The van der Waals surface area contributed by atoms with E-state index < -0.39 is 6.04 Å². The van der Waals surface area contributed by atoms with Gasteiger partial charge in [-0.15, -0.1) is 11.3 Å². The minimum Gasteiger partial charge on any atom is -0.324 e. The normalized spacial score (nSPS) is 12.3. The summed E-state index contributed by atoms with van der Waals surface area (Å²) in [6, 6.07) is 8.78. The molecule has 0 aliphatic rings. The van der Waals surface area contributed by atoms with Crippen LogP contribution in [0.3, 0.4) is 0 Å². The largest absolute Gasteiger partial charge is 0.324 e. The van der Waals surface area contributed by atoms with Gasteiger partial charge in [0.15, 0.2) is 0 Å². The fraction of sp³-hybridized carbons (Fsp3) is 0.278. The molecule has 1 atom stereocenters. The number of carbonyl (C=O) groups is 1. The Hall–Kier alpha value is -2.47. The molecule has 5 nitrogen and oxygen atoms in total.